The van der Waals surface area contributed by atoms with Gasteiger partial charge in [0, 0.05) is 25.7 Å². The summed E-state index contributed by atoms with van der Waals surface area (Å²) in [6.07, 6.45) is 1.30. The number of rotatable bonds is 7. The van der Waals surface area contributed by atoms with E-state index >= 15 is 0 Å². The van der Waals surface area contributed by atoms with E-state index in [1.54, 1.807) is 49.3 Å². The Balaban J connectivity index is 2.31. The second kappa shape index (κ2) is 8.89. The smallest absolute Gasteiger partial charge is 0.268 e. The van der Waals surface area contributed by atoms with Gasteiger partial charge in [-0.2, -0.15) is 5.26 Å². The van der Waals surface area contributed by atoms with Gasteiger partial charge in [0.1, 0.15) is 23.1 Å². The van der Waals surface area contributed by atoms with E-state index in [2.05, 4.69) is 0 Å². The Hall–Kier alpha value is -3.57. The Labute approximate surface area is 188 Å². The van der Waals surface area contributed by atoms with Gasteiger partial charge in [0.15, 0.2) is 0 Å². The number of aryl methyl sites for hydroxylation is 1. The molecule has 0 unspecified atom stereocenters. The van der Waals surface area contributed by atoms with Gasteiger partial charge in [-0.3, -0.25) is 4.79 Å². The molecule has 0 bridgehead atoms. The molecule has 0 saturated heterocycles. The van der Waals surface area contributed by atoms with Crippen LogP contribution in [0.1, 0.15) is 29.9 Å². The summed E-state index contributed by atoms with van der Waals surface area (Å²) in [6, 6.07) is 14.7. The molecule has 0 aliphatic heterocycles. The van der Waals surface area contributed by atoms with E-state index in [1.165, 1.54) is 24.4 Å². The Morgan fingerprint density at radius 3 is 2.34 bits per heavy atom. The van der Waals surface area contributed by atoms with Crippen LogP contribution in [-0.4, -0.2) is 43.3 Å². The van der Waals surface area contributed by atoms with Crippen LogP contribution in [0, 0.1) is 18.3 Å². The molecule has 0 aliphatic rings. The third-order valence-electron chi connectivity index (χ3n) is 4.64. The third-order valence-corrected chi connectivity index (χ3v) is 6.39. The van der Waals surface area contributed by atoms with E-state index < -0.39 is 15.8 Å². The molecule has 0 aliphatic carbocycles. The molecule has 0 atom stereocenters. The van der Waals surface area contributed by atoms with Crippen molar-refractivity contribution in [3.05, 3.63) is 71.6 Å². The van der Waals surface area contributed by atoms with Crippen LogP contribution in [0.5, 0.6) is 5.75 Å². The molecule has 0 saturated carbocycles. The van der Waals surface area contributed by atoms with E-state index in [1.807, 2.05) is 26.8 Å². The molecule has 32 heavy (non-hydrogen) atoms. The van der Waals surface area contributed by atoms with Gasteiger partial charge in [0.25, 0.3) is 10.0 Å². The molecule has 3 rings (SSSR count). The first-order valence-electron chi connectivity index (χ1n) is 10.0. The fraction of sp³-hybridized carbons (Fsp3) is 0.250. The predicted molar refractivity (Wildman–Crippen MR) is 123 cm³/mol. The number of allylic oxidation sites excluding steroid dienone is 1. The van der Waals surface area contributed by atoms with E-state index in [9.17, 15) is 18.5 Å². The van der Waals surface area contributed by atoms with Crippen molar-refractivity contribution >= 4 is 26.7 Å². The summed E-state index contributed by atoms with van der Waals surface area (Å²) >= 11 is 0. The highest BCUT2D eigenvalue weighted by Gasteiger charge is 2.28. The van der Waals surface area contributed by atoms with Crippen LogP contribution in [-0.2, 0) is 10.0 Å². The lowest BCUT2D eigenvalue weighted by Gasteiger charge is -2.13. The SMILES string of the molecule is Cc1ccc(S(=O)(=O)n2c(C(=O)/C(C#N)=C/N(C)C)cc3cc(OC(C)C)ccc32)cc1. The average Bonchev–Trinajstić information content (AvgIpc) is 3.10. The third kappa shape index (κ3) is 4.53. The molecule has 2 aromatic carbocycles. The first-order valence-corrected chi connectivity index (χ1v) is 11.5. The number of carbonyl (C=O) groups excluding carboxylic acids is 1. The zero-order chi connectivity index (χ0) is 23.6. The van der Waals surface area contributed by atoms with Crippen LogP contribution in [0.15, 0.2) is 65.2 Å². The molecule has 7 nitrogen and oxygen atoms in total. The number of fused-ring (bicyclic) bond motifs is 1. The first-order chi connectivity index (χ1) is 15.0. The minimum absolute atomic E-state index is 0.0484. The monoisotopic (exact) mass is 451 g/mol. The van der Waals surface area contributed by atoms with Crippen LogP contribution < -0.4 is 4.74 Å². The standard InChI is InChI=1S/C24H25N3O4S/c1-16(2)31-20-8-11-22-18(12-20)13-23(24(28)19(14-25)15-26(4)5)27(22)32(29,30)21-9-6-17(3)7-10-21/h6-13,15-16H,1-5H3/b19-15+. The fourth-order valence-corrected chi connectivity index (χ4v) is 4.79. The Morgan fingerprint density at radius 1 is 1.12 bits per heavy atom. The average molecular weight is 452 g/mol. The van der Waals surface area contributed by atoms with Gasteiger partial charge >= 0.3 is 0 Å². The first kappa shape index (κ1) is 23.1. The summed E-state index contributed by atoms with van der Waals surface area (Å²) in [6.45, 7) is 5.63. The van der Waals surface area contributed by atoms with E-state index in [4.69, 9.17) is 4.74 Å². The van der Waals surface area contributed by atoms with E-state index in [0.29, 0.717) is 16.7 Å². The Morgan fingerprint density at radius 2 is 1.78 bits per heavy atom. The van der Waals surface area contributed by atoms with Gasteiger partial charge in [-0.05, 0) is 57.2 Å². The number of benzene rings is 2. The van der Waals surface area contributed by atoms with Crippen molar-refractivity contribution in [1.82, 2.24) is 8.87 Å². The summed E-state index contributed by atoms with van der Waals surface area (Å²) < 4.78 is 33.9. The van der Waals surface area contributed by atoms with Gasteiger partial charge in [-0.25, -0.2) is 12.4 Å². The maximum atomic E-state index is 13.6. The number of Topliss-reactive ketones (excluding diaryl/α,β-unsaturated/α-hetero) is 1. The normalized spacial score (nSPS) is 12.1. The molecule has 1 heterocycles. The topological polar surface area (TPSA) is 92.4 Å². The number of nitrogens with zero attached hydrogens (tertiary/aromatic N) is 3. The molecule has 8 heteroatoms. The molecule has 0 amide bonds. The lowest BCUT2D eigenvalue weighted by atomic mass is 10.1. The minimum Gasteiger partial charge on any atom is -0.491 e. The highest BCUT2D eigenvalue weighted by atomic mass is 32.2. The minimum atomic E-state index is -4.12. The fourth-order valence-electron chi connectivity index (χ4n) is 3.28. The molecular weight excluding hydrogens is 426 g/mol. The number of carbonyl (C=O) groups is 1. The summed E-state index contributed by atoms with van der Waals surface area (Å²) in [5, 5.41) is 10.0. The van der Waals surface area contributed by atoms with E-state index in [-0.39, 0.29) is 22.3 Å². The van der Waals surface area contributed by atoms with Crippen molar-refractivity contribution in [1.29, 1.82) is 5.26 Å². The summed E-state index contributed by atoms with van der Waals surface area (Å²) in [5.74, 6) is -0.125. The predicted octanol–water partition coefficient (Wildman–Crippen LogP) is 4.13. The lowest BCUT2D eigenvalue weighted by Crippen LogP contribution is -2.20. The molecule has 0 fully saturated rings. The molecule has 166 valence electrons. The summed E-state index contributed by atoms with van der Waals surface area (Å²) in [5.41, 5.74) is 0.953. The molecule has 0 spiro atoms. The molecular formula is C24H25N3O4S. The second-order valence-corrected chi connectivity index (χ2v) is 9.73. The van der Waals surface area contributed by atoms with Crippen LogP contribution in [0.2, 0.25) is 0 Å². The van der Waals surface area contributed by atoms with Crippen LogP contribution >= 0.6 is 0 Å². The van der Waals surface area contributed by atoms with Gasteiger partial charge in [-0.15, -0.1) is 0 Å². The van der Waals surface area contributed by atoms with Crippen LogP contribution in [0.4, 0.5) is 0 Å². The molecule has 0 radical (unpaired) electrons. The second-order valence-electron chi connectivity index (χ2n) is 7.95. The molecule has 1 aromatic heterocycles. The largest absolute Gasteiger partial charge is 0.491 e. The molecule has 3 aromatic rings. The highest BCUT2D eigenvalue weighted by Crippen LogP contribution is 2.30. The maximum Gasteiger partial charge on any atom is 0.268 e. The van der Waals surface area contributed by atoms with Crippen molar-refractivity contribution < 1.29 is 17.9 Å². The van der Waals surface area contributed by atoms with Crippen molar-refractivity contribution in [2.24, 2.45) is 0 Å². The summed E-state index contributed by atoms with van der Waals surface area (Å²) in [7, 11) is -0.757. The van der Waals surface area contributed by atoms with Crippen LogP contribution in [0.3, 0.4) is 0 Å². The van der Waals surface area contributed by atoms with E-state index in [0.717, 1.165) is 9.54 Å². The quantitative estimate of drug-likeness (QED) is 0.305. The van der Waals surface area contributed by atoms with Crippen LogP contribution in [0.25, 0.3) is 10.9 Å². The molecule has 0 N–H and O–H groups in total. The number of aromatic nitrogens is 1. The number of nitriles is 1. The maximum absolute atomic E-state index is 13.6. The number of ether oxygens (including phenoxy) is 1. The number of hydrogen-bond donors (Lipinski definition) is 0. The van der Waals surface area contributed by atoms with Gasteiger partial charge in [0.05, 0.1) is 16.5 Å². The van der Waals surface area contributed by atoms with Crippen molar-refractivity contribution in [2.45, 2.75) is 31.8 Å². The van der Waals surface area contributed by atoms with Crippen molar-refractivity contribution in [3.63, 3.8) is 0 Å². The Bertz CT molecular complexity index is 1340. The van der Waals surface area contributed by atoms with Gasteiger partial charge in [0.2, 0.25) is 5.78 Å². The number of ketones is 1. The van der Waals surface area contributed by atoms with Crippen molar-refractivity contribution in [3.8, 4) is 11.8 Å². The number of hydrogen-bond acceptors (Lipinski definition) is 6. The highest BCUT2D eigenvalue weighted by molar-refractivity contribution is 7.90. The van der Waals surface area contributed by atoms with Gasteiger partial charge < -0.3 is 9.64 Å². The zero-order valence-electron chi connectivity index (χ0n) is 18.7. The van der Waals surface area contributed by atoms with Crippen molar-refractivity contribution in [2.75, 3.05) is 14.1 Å². The zero-order valence-corrected chi connectivity index (χ0v) is 19.5. The Kier molecular flexibility index (Phi) is 6.42. The van der Waals surface area contributed by atoms with Gasteiger partial charge in [-0.1, -0.05) is 17.7 Å². The summed E-state index contributed by atoms with van der Waals surface area (Å²) in [4.78, 5) is 14.9. The lowest BCUT2D eigenvalue weighted by molar-refractivity contribution is 0.103.